The molecule has 2 heterocycles. The second kappa shape index (κ2) is 12.5. The van der Waals surface area contributed by atoms with Gasteiger partial charge in [0, 0.05) is 22.2 Å². The highest BCUT2D eigenvalue weighted by molar-refractivity contribution is 14.1. The molecule has 0 spiro atoms. The number of fused-ring (bicyclic) bond motifs is 1. The Morgan fingerprint density at radius 2 is 1.61 bits per heavy atom. The Bertz CT molecular complexity index is 862. The van der Waals surface area contributed by atoms with Crippen molar-refractivity contribution in [3.05, 3.63) is 69.3 Å². The van der Waals surface area contributed by atoms with Crippen LogP contribution in [0.15, 0.2) is 54.6 Å². The van der Waals surface area contributed by atoms with Gasteiger partial charge in [-0.2, -0.15) is 0 Å². The summed E-state index contributed by atoms with van der Waals surface area (Å²) < 4.78 is 1.31. The fourth-order valence-corrected chi connectivity index (χ4v) is 7.06. The van der Waals surface area contributed by atoms with Crippen LogP contribution >= 0.6 is 47.4 Å². The van der Waals surface area contributed by atoms with Crippen LogP contribution in [0.3, 0.4) is 0 Å². The molecule has 1 aliphatic carbocycles. The van der Waals surface area contributed by atoms with Gasteiger partial charge in [0.25, 0.3) is 0 Å². The number of likely N-dealkylation sites (tertiary alicyclic amines) is 2. The fraction of sp³-hybridized carbons (Fsp3) is 0.556. The maximum absolute atomic E-state index is 11.2. The van der Waals surface area contributed by atoms with E-state index in [2.05, 4.69) is 87.0 Å². The maximum atomic E-state index is 11.2. The molecule has 182 valence electrons. The normalized spacial score (nSPS) is 28.9. The van der Waals surface area contributed by atoms with Crippen molar-refractivity contribution in [2.24, 2.45) is 5.92 Å². The molecule has 2 aromatic rings. The minimum absolute atomic E-state index is 0. The number of benzene rings is 2. The topological polar surface area (TPSA) is 26.7 Å². The quantitative estimate of drug-likeness (QED) is 0.427. The van der Waals surface area contributed by atoms with Crippen LogP contribution in [-0.4, -0.2) is 52.7 Å². The highest BCUT2D eigenvalue weighted by atomic mass is 127. The number of rotatable bonds is 4. The van der Waals surface area contributed by atoms with Crippen molar-refractivity contribution >= 4 is 47.4 Å². The van der Waals surface area contributed by atoms with Crippen molar-refractivity contribution in [2.75, 3.05) is 19.6 Å². The largest absolute Gasteiger partial charge is 0.391 e. The van der Waals surface area contributed by atoms with E-state index < -0.39 is 0 Å². The van der Waals surface area contributed by atoms with Crippen LogP contribution in [0.4, 0.5) is 0 Å². The monoisotopic (exact) mass is 602 g/mol. The summed E-state index contributed by atoms with van der Waals surface area (Å²) in [6.45, 7) is 4.46. The lowest BCUT2D eigenvalue weighted by Crippen LogP contribution is -2.58. The minimum Gasteiger partial charge on any atom is -0.391 e. The lowest BCUT2D eigenvalue weighted by atomic mass is 9.73. The van der Waals surface area contributed by atoms with Gasteiger partial charge >= 0.3 is 0 Å². The maximum Gasteiger partial charge on any atom is 0.0710 e. The van der Waals surface area contributed by atoms with E-state index in [0.717, 1.165) is 32.0 Å². The molecule has 3 aliphatic rings. The van der Waals surface area contributed by atoms with Gasteiger partial charge in [-0.1, -0.05) is 42.5 Å². The predicted molar refractivity (Wildman–Crippen MR) is 150 cm³/mol. The first-order valence-corrected chi connectivity index (χ1v) is 13.2. The Morgan fingerprint density at radius 3 is 2.33 bits per heavy atom. The molecule has 0 aromatic heterocycles. The van der Waals surface area contributed by atoms with E-state index in [9.17, 15) is 5.11 Å². The lowest BCUT2D eigenvalue weighted by Gasteiger charge is -2.51. The van der Waals surface area contributed by atoms with Crippen LogP contribution in [0, 0.1) is 9.49 Å². The number of hydrogen-bond donors (Lipinski definition) is 1. The first-order chi connectivity index (χ1) is 15.2. The van der Waals surface area contributed by atoms with Crippen LogP contribution in [-0.2, 0) is 6.54 Å². The second-order valence-corrected chi connectivity index (χ2v) is 11.1. The van der Waals surface area contributed by atoms with Gasteiger partial charge in [-0.05, 0) is 116 Å². The zero-order valence-corrected chi connectivity index (χ0v) is 23.0. The summed E-state index contributed by atoms with van der Waals surface area (Å²) in [5.74, 6) is 1.42. The fourth-order valence-electron chi connectivity index (χ4n) is 6.45. The molecule has 4 atom stereocenters. The van der Waals surface area contributed by atoms with Crippen LogP contribution < -0.4 is 0 Å². The molecule has 0 bridgehead atoms. The average Bonchev–Trinajstić information content (AvgIpc) is 2.80. The van der Waals surface area contributed by atoms with Crippen LogP contribution in [0.1, 0.15) is 55.6 Å². The molecule has 33 heavy (non-hydrogen) atoms. The number of aliphatic hydroxyl groups is 1. The van der Waals surface area contributed by atoms with E-state index in [-0.39, 0.29) is 30.9 Å². The molecule has 2 saturated heterocycles. The molecule has 2 aliphatic heterocycles. The Kier molecular flexibility index (Phi) is 10.4. The summed E-state index contributed by atoms with van der Waals surface area (Å²) in [6, 6.07) is 20.8. The molecular formula is C27H37Cl2IN2O. The van der Waals surface area contributed by atoms with E-state index in [1.807, 2.05) is 0 Å². The van der Waals surface area contributed by atoms with Gasteiger partial charge < -0.3 is 5.11 Å². The number of halogens is 3. The molecular weight excluding hydrogens is 566 g/mol. The molecule has 1 N–H and O–H groups in total. The standard InChI is InChI=1S/C27H35IN2O.2ClH/c28-24-10-4-6-20(16-24)19-30-13-5-9-23-17-26(27(31)18-25(23)30)29-14-11-22(12-15-29)21-7-2-1-3-8-21;;/h1-4,6-8,10,16,22-23,25-27,31H,5,9,11-15,17-19H2;2*1H. The summed E-state index contributed by atoms with van der Waals surface area (Å²) in [4.78, 5) is 5.29. The van der Waals surface area contributed by atoms with E-state index in [1.165, 1.54) is 53.3 Å². The van der Waals surface area contributed by atoms with Crippen LogP contribution in [0.2, 0.25) is 0 Å². The van der Waals surface area contributed by atoms with Gasteiger partial charge in [-0.15, -0.1) is 24.8 Å². The van der Waals surface area contributed by atoms with Gasteiger partial charge in [0.2, 0.25) is 0 Å². The van der Waals surface area contributed by atoms with Gasteiger partial charge in [-0.3, -0.25) is 9.80 Å². The van der Waals surface area contributed by atoms with Gasteiger partial charge in [0.1, 0.15) is 0 Å². The molecule has 5 rings (SSSR count). The van der Waals surface area contributed by atoms with Gasteiger partial charge in [0.15, 0.2) is 0 Å². The molecule has 3 nitrogen and oxygen atoms in total. The molecule has 0 radical (unpaired) electrons. The Balaban J connectivity index is 0.00000153. The molecule has 0 amide bonds. The van der Waals surface area contributed by atoms with E-state index in [0.29, 0.717) is 18.0 Å². The summed E-state index contributed by atoms with van der Waals surface area (Å²) in [7, 11) is 0. The van der Waals surface area contributed by atoms with Crippen LogP contribution in [0.25, 0.3) is 0 Å². The van der Waals surface area contributed by atoms with E-state index in [1.54, 1.807) is 0 Å². The Labute approximate surface area is 225 Å². The number of aliphatic hydroxyl groups excluding tert-OH is 1. The predicted octanol–water partition coefficient (Wildman–Crippen LogP) is 6.12. The second-order valence-electron chi connectivity index (χ2n) is 9.90. The summed E-state index contributed by atoms with van der Waals surface area (Å²) in [5.41, 5.74) is 2.90. The van der Waals surface area contributed by atoms with Crippen LogP contribution in [0.5, 0.6) is 0 Å². The van der Waals surface area contributed by atoms with Gasteiger partial charge in [-0.25, -0.2) is 0 Å². The van der Waals surface area contributed by atoms with Crippen molar-refractivity contribution in [3.63, 3.8) is 0 Å². The van der Waals surface area contributed by atoms with Gasteiger partial charge in [0.05, 0.1) is 6.10 Å². The van der Waals surface area contributed by atoms with Crippen molar-refractivity contribution in [1.29, 1.82) is 0 Å². The van der Waals surface area contributed by atoms with E-state index in [4.69, 9.17) is 0 Å². The molecule has 1 saturated carbocycles. The third-order valence-corrected chi connectivity index (χ3v) is 8.72. The third kappa shape index (κ3) is 6.45. The highest BCUT2D eigenvalue weighted by Crippen LogP contribution is 2.40. The SMILES string of the molecule is Cl.Cl.OC1CC2C(CCCN2Cc2cccc(I)c2)CC1N1CCC(c2ccccc2)CC1. The molecule has 2 aromatic carbocycles. The number of piperidine rings is 2. The number of hydrogen-bond acceptors (Lipinski definition) is 3. The Hall–Kier alpha value is -0.370. The summed E-state index contributed by atoms with van der Waals surface area (Å²) in [6.07, 6.45) is 7.00. The van der Waals surface area contributed by atoms with Crippen molar-refractivity contribution in [3.8, 4) is 0 Å². The first kappa shape index (κ1) is 27.2. The minimum atomic E-state index is -0.189. The highest BCUT2D eigenvalue weighted by Gasteiger charge is 2.43. The van der Waals surface area contributed by atoms with Crippen molar-refractivity contribution in [1.82, 2.24) is 9.80 Å². The third-order valence-electron chi connectivity index (χ3n) is 8.05. The molecule has 4 unspecified atom stereocenters. The average molecular weight is 603 g/mol. The zero-order valence-electron chi connectivity index (χ0n) is 19.2. The summed E-state index contributed by atoms with van der Waals surface area (Å²) >= 11 is 2.41. The zero-order chi connectivity index (χ0) is 21.2. The van der Waals surface area contributed by atoms with E-state index >= 15 is 0 Å². The lowest BCUT2D eigenvalue weighted by molar-refractivity contribution is -0.0605. The molecule has 6 heteroatoms. The molecule has 3 fully saturated rings. The van der Waals surface area contributed by atoms with Crippen molar-refractivity contribution in [2.45, 2.75) is 69.2 Å². The smallest absolute Gasteiger partial charge is 0.0710 e. The summed E-state index contributed by atoms with van der Waals surface area (Å²) in [5, 5.41) is 11.2. The number of nitrogens with zero attached hydrogens (tertiary/aromatic N) is 2. The first-order valence-electron chi connectivity index (χ1n) is 12.1. The Morgan fingerprint density at radius 1 is 0.848 bits per heavy atom. The van der Waals surface area contributed by atoms with Crippen molar-refractivity contribution < 1.29 is 5.11 Å².